The van der Waals surface area contributed by atoms with Gasteiger partial charge in [0.15, 0.2) is 11.5 Å². The van der Waals surface area contributed by atoms with Crippen molar-refractivity contribution in [1.82, 2.24) is 4.90 Å². The number of nitrogens with zero attached hydrogens (tertiary/aromatic N) is 2. The van der Waals surface area contributed by atoms with Gasteiger partial charge in [-0.2, -0.15) is 0 Å². The number of rotatable bonds is 7. The van der Waals surface area contributed by atoms with E-state index in [0.29, 0.717) is 49.5 Å². The van der Waals surface area contributed by atoms with Crippen molar-refractivity contribution in [2.45, 2.75) is 25.7 Å². The standard InChI is InChI=1S/C26H29FN2O5/c1-33-23-12-18-7-9-28-22(21(18)14-24(23)34-2)11-19-15-29(10-8-17(19)13-25(30)31)26(32)16-3-5-20(27)6-4-16/h3-6,12,14,17,19H,7-11,13,15H2,1-2H3,(H,30,31)/t17-,19-/m0/s1. The van der Waals surface area contributed by atoms with Crippen LogP contribution in [0, 0.1) is 17.7 Å². The maximum Gasteiger partial charge on any atom is 0.303 e. The highest BCUT2D eigenvalue weighted by Crippen LogP contribution is 2.36. The van der Waals surface area contributed by atoms with Crippen LogP contribution in [0.15, 0.2) is 41.4 Å². The Morgan fingerprint density at radius 3 is 2.50 bits per heavy atom. The predicted octanol–water partition coefficient (Wildman–Crippen LogP) is 3.83. The summed E-state index contributed by atoms with van der Waals surface area (Å²) < 4.78 is 24.2. The number of aliphatic imine (C=N–C) groups is 1. The van der Waals surface area contributed by atoms with E-state index in [1.54, 1.807) is 19.1 Å². The summed E-state index contributed by atoms with van der Waals surface area (Å²) in [6.07, 6.45) is 2.00. The number of aliphatic carboxylic acids is 1. The zero-order chi connectivity index (χ0) is 24.2. The summed E-state index contributed by atoms with van der Waals surface area (Å²) in [6, 6.07) is 9.42. The molecule has 0 unspecified atom stereocenters. The number of amides is 1. The molecule has 0 saturated carbocycles. The average molecular weight is 469 g/mol. The van der Waals surface area contributed by atoms with Crippen LogP contribution in [-0.2, 0) is 11.2 Å². The van der Waals surface area contributed by atoms with Crippen LogP contribution < -0.4 is 9.47 Å². The lowest BCUT2D eigenvalue weighted by atomic mass is 9.78. The number of methoxy groups -OCH3 is 2. The summed E-state index contributed by atoms with van der Waals surface area (Å²) in [7, 11) is 3.19. The first-order valence-electron chi connectivity index (χ1n) is 11.4. The molecule has 2 aliphatic rings. The number of carboxylic acids is 1. The number of halogens is 1. The van der Waals surface area contributed by atoms with Gasteiger partial charge in [0.1, 0.15) is 5.82 Å². The van der Waals surface area contributed by atoms with Gasteiger partial charge >= 0.3 is 5.97 Å². The SMILES string of the molecule is COc1cc2c(cc1OC)C(C[C@H]1CN(C(=O)c3ccc(F)cc3)CC[C@H]1CC(=O)O)=NCC2. The van der Waals surface area contributed by atoms with E-state index in [0.717, 1.165) is 23.3 Å². The van der Waals surface area contributed by atoms with Crippen molar-refractivity contribution in [3.8, 4) is 11.5 Å². The molecule has 2 atom stereocenters. The van der Waals surface area contributed by atoms with Crippen molar-refractivity contribution in [1.29, 1.82) is 0 Å². The van der Waals surface area contributed by atoms with Crippen LogP contribution in [-0.4, -0.2) is 61.4 Å². The maximum atomic E-state index is 13.3. The Kier molecular flexibility index (Phi) is 7.14. The van der Waals surface area contributed by atoms with Crippen LogP contribution in [0.2, 0.25) is 0 Å². The molecule has 34 heavy (non-hydrogen) atoms. The molecule has 0 spiro atoms. The highest BCUT2D eigenvalue weighted by atomic mass is 19.1. The van der Waals surface area contributed by atoms with Crippen molar-refractivity contribution < 1.29 is 28.6 Å². The first-order chi connectivity index (χ1) is 16.4. The number of piperidine rings is 1. The van der Waals surface area contributed by atoms with E-state index >= 15 is 0 Å². The smallest absolute Gasteiger partial charge is 0.303 e. The lowest BCUT2D eigenvalue weighted by Gasteiger charge is -2.39. The van der Waals surface area contributed by atoms with E-state index < -0.39 is 11.8 Å². The van der Waals surface area contributed by atoms with Gasteiger partial charge in [-0.3, -0.25) is 14.6 Å². The molecule has 0 radical (unpaired) electrons. The Labute approximate surface area is 198 Å². The third-order valence-corrected chi connectivity index (χ3v) is 6.77. The molecule has 2 aromatic rings. The molecule has 8 heteroatoms. The fourth-order valence-corrected chi connectivity index (χ4v) is 4.98. The summed E-state index contributed by atoms with van der Waals surface area (Å²) >= 11 is 0. The number of benzene rings is 2. The van der Waals surface area contributed by atoms with Crippen LogP contribution >= 0.6 is 0 Å². The first kappa shape index (κ1) is 23.7. The van der Waals surface area contributed by atoms with E-state index in [4.69, 9.17) is 14.5 Å². The fourth-order valence-electron chi connectivity index (χ4n) is 4.98. The number of hydrogen-bond donors (Lipinski definition) is 1. The largest absolute Gasteiger partial charge is 0.493 e. The van der Waals surface area contributed by atoms with Crippen molar-refractivity contribution in [3.05, 3.63) is 58.9 Å². The molecule has 180 valence electrons. The minimum Gasteiger partial charge on any atom is -0.493 e. The summed E-state index contributed by atoms with van der Waals surface area (Å²) in [5.41, 5.74) is 3.43. The average Bonchev–Trinajstić information content (AvgIpc) is 2.84. The summed E-state index contributed by atoms with van der Waals surface area (Å²) in [5.74, 6) is -0.248. The van der Waals surface area contributed by atoms with E-state index in [9.17, 15) is 19.1 Å². The highest BCUT2D eigenvalue weighted by Gasteiger charge is 2.35. The van der Waals surface area contributed by atoms with E-state index in [2.05, 4.69) is 0 Å². The van der Waals surface area contributed by atoms with Gasteiger partial charge in [-0.1, -0.05) is 0 Å². The Hall–Kier alpha value is -3.42. The van der Waals surface area contributed by atoms with Gasteiger partial charge in [0, 0.05) is 42.9 Å². The normalized spacial score (nSPS) is 19.7. The number of fused-ring (bicyclic) bond motifs is 1. The molecule has 0 bridgehead atoms. The number of ether oxygens (including phenoxy) is 2. The zero-order valence-electron chi connectivity index (χ0n) is 19.4. The Morgan fingerprint density at radius 1 is 1.12 bits per heavy atom. The second-order valence-corrected chi connectivity index (χ2v) is 8.81. The molecule has 2 aliphatic heterocycles. The minimum atomic E-state index is -0.842. The summed E-state index contributed by atoms with van der Waals surface area (Å²) in [4.78, 5) is 31.1. The molecule has 1 amide bonds. The zero-order valence-corrected chi connectivity index (χ0v) is 19.4. The number of carbonyl (C=O) groups is 2. The Balaban J connectivity index is 1.58. The molecule has 1 saturated heterocycles. The quantitative estimate of drug-likeness (QED) is 0.667. The van der Waals surface area contributed by atoms with Crippen LogP contribution in [0.5, 0.6) is 11.5 Å². The van der Waals surface area contributed by atoms with Gasteiger partial charge < -0.3 is 19.5 Å². The van der Waals surface area contributed by atoms with Crippen molar-refractivity contribution in [2.75, 3.05) is 33.9 Å². The Bertz CT molecular complexity index is 1100. The predicted molar refractivity (Wildman–Crippen MR) is 125 cm³/mol. The van der Waals surface area contributed by atoms with Crippen LogP contribution in [0.25, 0.3) is 0 Å². The fraction of sp³-hybridized carbons (Fsp3) is 0.423. The minimum absolute atomic E-state index is 0.0509. The molecule has 1 fully saturated rings. The number of carboxylic acid groups (broad SMARTS) is 1. The number of hydrogen-bond acceptors (Lipinski definition) is 5. The molecule has 2 aromatic carbocycles. The number of carbonyl (C=O) groups excluding carboxylic acids is 1. The second-order valence-electron chi connectivity index (χ2n) is 8.81. The van der Waals surface area contributed by atoms with Gasteiger partial charge in [0.05, 0.1) is 14.2 Å². The monoisotopic (exact) mass is 468 g/mol. The molecule has 1 N–H and O–H groups in total. The van der Waals surface area contributed by atoms with E-state index in [1.807, 2.05) is 12.1 Å². The molecular weight excluding hydrogens is 439 g/mol. The van der Waals surface area contributed by atoms with Gasteiger partial charge in [-0.15, -0.1) is 0 Å². The van der Waals surface area contributed by atoms with Gasteiger partial charge in [0.2, 0.25) is 0 Å². The van der Waals surface area contributed by atoms with Crippen molar-refractivity contribution in [2.24, 2.45) is 16.8 Å². The second kappa shape index (κ2) is 10.2. The third-order valence-electron chi connectivity index (χ3n) is 6.77. The molecule has 4 rings (SSSR count). The lowest BCUT2D eigenvalue weighted by molar-refractivity contribution is -0.138. The van der Waals surface area contributed by atoms with Crippen LogP contribution in [0.3, 0.4) is 0 Å². The van der Waals surface area contributed by atoms with Gasteiger partial charge in [0.25, 0.3) is 5.91 Å². The van der Waals surface area contributed by atoms with E-state index in [1.165, 1.54) is 24.3 Å². The summed E-state index contributed by atoms with van der Waals surface area (Å²) in [6.45, 7) is 1.54. The highest BCUT2D eigenvalue weighted by molar-refractivity contribution is 6.03. The molecule has 2 heterocycles. The van der Waals surface area contributed by atoms with Crippen molar-refractivity contribution in [3.63, 3.8) is 0 Å². The lowest BCUT2D eigenvalue weighted by Crippen LogP contribution is -2.45. The maximum absolute atomic E-state index is 13.3. The van der Waals surface area contributed by atoms with E-state index in [-0.39, 0.29) is 24.2 Å². The topological polar surface area (TPSA) is 88.4 Å². The summed E-state index contributed by atoms with van der Waals surface area (Å²) in [5, 5.41) is 9.48. The molecule has 0 aromatic heterocycles. The molecular formula is C26H29FN2O5. The van der Waals surface area contributed by atoms with Gasteiger partial charge in [-0.05, 0) is 73.1 Å². The third kappa shape index (κ3) is 5.05. The van der Waals surface area contributed by atoms with Crippen molar-refractivity contribution >= 4 is 17.6 Å². The number of likely N-dealkylation sites (tertiary alicyclic amines) is 1. The molecule has 7 nitrogen and oxygen atoms in total. The van der Waals surface area contributed by atoms with Crippen LogP contribution in [0.4, 0.5) is 4.39 Å². The Morgan fingerprint density at radius 2 is 1.82 bits per heavy atom. The molecule has 0 aliphatic carbocycles. The first-order valence-corrected chi connectivity index (χ1v) is 11.4. The van der Waals surface area contributed by atoms with Gasteiger partial charge in [-0.25, -0.2) is 4.39 Å². The van der Waals surface area contributed by atoms with Crippen LogP contribution in [0.1, 0.15) is 40.7 Å².